The second kappa shape index (κ2) is 11.1. The van der Waals surface area contributed by atoms with Gasteiger partial charge in [-0.15, -0.1) is 0 Å². The first kappa shape index (κ1) is 26.2. The molecule has 0 spiro atoms. The Bertz CT molecular complexity index is 1800. The Morgan fingerprint density at radius 2 is 1.97 bits per heavy atom. The summed E-state index contributed by atoms with van der Waals surface area (Å²) in [5, 5.41) is 1.84. The topological polar surface area (TPSA) is 79.1 Å². The lowest BCUT2D eigenvalue weighted by Gasteiger charge is -2.27. The van der Waals surface area contributed by atoms with E-state index in [1.807, 2.05) is 66.7 Å². The Hall–Kier alpha value is -4.43. The average Bonchev–Trinajstić information content (AvgIpc) is 3.24. The summed E-state index contributed by atoms with van der Waals surface area (Å²) in [6.45, 7) is 7.79. The molecule has 2 heterocycles. The zero-order valence-corrected chi connectivity index (χ0v) is 22.8. The fourth-order valence-corrected chi connectivity index (χ4v) is 5.85. The molecule has 0 saturated carbocycles. The average molecular weight is 541 g/mol. The van der Waals surface area contributed by atoms with Gasteiger partial charge in [0, 0.05) is 5.56 Å². The van der Waals surface area contributed by atoms with Gasteiger partial charge < -0.3 is 14.2 Å². The van der Waals surface area contributed by atoms with Gasteiger partial charge in [-0.3, -0.25) is 9.36 Å². The molecule has 0 radical (unpaired) electrons. The van der Waals surface area contributed by atoms with Crippen molar-refractivity contribution in [2.75, 3.05) is 20.3 Å². The molecule has 7 nitrogen and oxygen atoms in total. The smallest absolute Gasteiger partial charge is 0.338 e. The summed E-state index contributed by atoms with van der Waals surface area (Å²) in [6, 6.07) is 18.4. The Labute approximate surface area is 229 Å². The Morgan fingerprint density at radius 3 is 2.74 bits per heavy atom. The van der Waals surface area contributed by atoms with Crippen molar-refractivity contribution in [3.63, 3.8) is 0 Å². The number of allylic oxidation sites excluding steroid dienone is 1. The van der Waals surface area contributed by atoms with Crippen LogP contribution in [0.3, 0.4) is 0 Å². The molecule has 5 rings (SSSR count). The van der Waals surface area contributed by atoms with Gasteiger partial charge in [0.05, 0.1) is 29.5 Å². The molecule has 0 saturated heterocycles. The van der Waals surface area contributed by atoms with Crippen LogP contribution in [0.25, 0.3) is 16.8 Å². The lowest BCUT2D eigenvalue weighted by atomic mass is 9.90. The highest BCUT2D eigenvalue weighted by Gasteiger charge is 2.36. The molecule has 39 heavy (non-hydrogen) atoms. The molecule has 0 bridgehead atoms. The summed E-state index contributed by atoms with van der Waals surface area (Å²) >= 11 is 1.27. The van der Waals surface area contributed by atoms with Crippen LogP contribution < -0.4 is 24.4 Å². The number of ether oxygens (including phenoxy) is 3. The molecular weight excluding hydrogens is 512 g/mol. The van der Waals surface area contributed by atoms with Crippen LogP contribution in [0, 0.1) is 0 Å². The fraction of sp³-hybridized carbons (Fsp3) is 0.194. The third kappa shape index (κ3) is 4.91. The van der Waals surface area contributed by atoms with E-state index in [1.165, 1.54) is 11.3 Å². The quantitative estimate of drug-likeness (QED) is 0.243. The number of rotatable bonds is 8. The van der Waals surface area contributed by atoms with Crippen LogP contribution in [-0.4, -0.2) is 30.9 Å². The zero-order valence-electron chi connectivity index (χ0n) is 22.0. The number of nitrogens with zero attached hydrogens (tertiary/aromatic N) is 2. The maximum atomic E-state index is 14.0. The van der Waals surface area contributed by atoms with Crippen molar-refractivity contribution in [1.82, 2.24) is 4.57 Å². The molecule has 1 aliphatic heterocycles. The van der Waals surface area contributed by atoms with Crippen LogP contribution in [-0.2, 0) is 9.53 Å². The Balaban J connectivity index is 1.78. The maximum Gasteiger partial charge on any atom is 0.338 e. The van der Waals surface area contributed by atoms with Crippen molar-refractivity contribution in [3.05, 3.63) is 115 Å². The van der Waals surface area contributed by atoms with E-state index in [1.54, 1.807) is 31.6 Å². The first-order valence-corrected chi connectivity index (χ1v) is 13.4. The molecule has 0 amide bonds. The van der Waals surface area contributed by atoms with Crippen LogP contribution >= 0.6 is 11.3 Å². The SMILES string of the molecule is C=CCOc1cccc(/C=c2\sc3n(c2=O)[C@@H](c2c(OC)ccc4ccccc24)C(C(=O)OCC)=C(C)N=3)c1. The number of carbonyl (C=O) groups is 1. The number of hydrogen-bond acceptors (Lipinski definition) is 7. The van der Waals surface area contributed by atoms with Crippen molar-refractivity contribution < 1.29 is 19.0 Å². The second-order valence-electron chi connectivity index (χ2n) is 8.88. The lowest BCUT2D eigenvalue weighted by molar-refractivity contribution is -0.139. The molecule has 198 valence electrons. The predicted octanol–water partition coefficient (Wildman–Crippen LogP) is 4.52. The maximum absolute atomic E-state index is 14.0. The van der Waals surface area contributed by atoms with Gasteiger partial charge in [-0.1, -0.05) is 66.5 Å². The summed E-state index contributed by atoms with van der Waals surface area (Å²) in [6.07, 6.45) is 3.49. The van der Waals surface area contributed by atoms with Crippen LogP contribution in [0.5, 0.6) is 11.5 Å². The Morgan fingerprint density at radius 1 is 1.15 bits per heavy atom. The zero-order chi connectivity index (χ0) is 27.5. The molecule has 3 aromatic carbocycles. The number of thiazole rings is 1. The van der Waals surface area contributed by atoms with E-state index in [0.717, 1.165) is 16.3 Å². The van der Waals surface area contributed by atoms with E-state index in [4.69, 9.17) is 14.2 Å². The number of hydrogen-bond donors (Lipinski definition) is 0. The van der Waals surface area contributed by atoms with Crippen molar-refractivity contribution in [2.45, 2.75) is 19.9 Å². The van der Waals surface area contributed by atoms with Gasteiger partial charge in [-0.2, -0.15) is 0 Å². The monoisotopic (exact) mass is 540 g/mol. The minimum absolute atomic E-state index is 0.198. The third-order valence-electron chi connectivity index (χ3n) is 6.46. The minimum Gasteiger partial charge on any atom is -0.496 e. The molecule has 1 atom stereocenters. The van der Waals surface area contributed by atoms with E-state index < -0.39 is 12.0 Å². The molecule has 0 N–H and O–H groups in total. The van der Waals surface area contributed by atoms with E-state index in [-0.39, 0.29) is 12.2 Å². The fourth-order valence-electron chi connectivity index (χ4n) is 4.80. The van der Waals surface area contributed by atoms with Gasteiger partial charge in [-0.05, 0) is 54.5 Å². The molecule has 8 heteroatoms. The van der Waals surface area contributed by atoms with Gasteiger partial charge >= 0.3 is 5.97 Å². The molecule has 0 aliphatic carbocycles. The van der Waals surface area contributed by atoms with Gasteiger partial charge in [0.1, 0.15) is 24.1 Å². The van der Waals surface area contributed by atoms with E-state index >= 15 is 0 Å². The van der Waals surface area contributed by atoms with Crippen LogP contribution in [0.2, 0.25) is 0 Å². The molecular formula is C31H28N2O5S. The number of aromatic nitrogens is 1. The van der Waals surface area contributed by atoms with E-state index in [2.05, 4.69) is 11.6 Å². The third-order valence-corrected chi connectivity index (χ3v) is 7.45. The number of fused-ring (bicyclic) bond motifs is 2. The number of esters is 1. The highest BCUT2D eigenvalue weighted by atomic mass is 32.1. The first-order chi connectivity index (χ1) is 19.0. The highest BCUT2D eigenvalue weighted by Crippen LogP contribution is 2.40. The Kier molecular flexibility index (Phi) is 7.47. The van der Waals surface area contributed by atoms with Crippen LogP contribution in [0.4, 0.5) is 0 Å². The van der Waals surface area contributed by atoms with Crippen molar-refractivity contribution >= 4 is 34.2 Å². The molecule has 1 aromatic heterocycles. The molecule has 4 aromatic rings. The second-order valence-corrected chi connectivity index (χ2v) is 9.89. The van der Waals surface area contributed by atoms with Crippen molar-refractivity contribution in [3.8, 4) is 11.5 Å². The first-order valence-electron chi connectivity index (χ1n) is 12.6. The summed E-state index contributed by atoms with van der Waals surface area (Å²) in [4.78, 5) is 32.6. The summed E-state index contributed by atoms with van der Waals surface area (Å²) in [5.74, 6) is 0.729. The van der Waals surface area contributed by atoms with Gasteiger partial charge in [0.15, 0.2) is 4.80 Å². The number of methoxy groups -OCH3 is 1. The standard InChI is InChI=1S/C31H28N2O5S/c1-5-16-38-22-12-9-10-20(17-22)18-25-29(34)33-28(26(30(35)37-6-2)19(3)32-31(33)39-25)27-23-13-8-7-11-21(23)14-15-24(27)36-4/h5,7-15,17-18,28H,1,6,16H2,2-4H3/b25-18-/t28-/m1/s1. The van der Waals surface area contributed by atoms with E-state index in [0.29, 0.717) is 44.3 Å². The molecule has 0 fully saturated rings. The van der Waals surface area contributed by atoms with Crippen LogP contribution in [0.15, 0.2) is 94.4 Å². The summed E-state index contributed by atoms with van der Waals surface area (Å²) < 4.78 is 19.0. The summed E-state index contributed by atoms with van der Waals surface area (Å²) in [7, 11) is 1.58. The van der Waals surface area contributed by atoms with Gasteiger partial charge in [0.25, 0.3) is 5.56 Å². The van der Waals surface area contributed by atoms with Gasteiger partial charge in [-0.25, -0.2) is 9.79 Å². The lowest BCUT2D eigenvalue weighted by Crippen LogP contribution is -2.40. The number of carbonyl (C=O) groups excluding carboxylic acids is 1. The predicted molar refractivity (Wildman–Crippen MR) is 153 cm³/mol. The van der Waals surface area contributed by atoms with Gasteiger partial charge in [0.2, 0.25) is 0 Å². The van der Waals surface area contributed by atoms with Crippen molar-refractivity contribution in [1.29, 1.82) is 0 Å². The summed E-state index contributed by atoms with van der Waals surface area (Å²) in [5.41, 5.74) is 2.07. The highest BCUT2D eigenvalue weighted by molar-refractivity contribution is 7.07. The molecule has 0 unspecified atom stereocenters. The largest absolute Gasteiger partial charge is 0.496 e. The minimum atomic E-state index is -0.786. The molecule has 1 aliphatic rings. The number of benzene rings is 3. The van der Waals surface area contributed by atoms with Crippen molar-refractivity contribution in [2.24, 2.45) is 4.99 Å². The van der Waals surface area contributed by atoms with Crippen LogP contribution in [0.1, 0.15) is 31.0 Å². The normalized spacial score (nSPS) is 15.1. The van der Waals surface area contributed by atoms with E-state index in [9.17, 15) is 9.59 Å².